The first-order valence-electron chi connectivity index (χ1n) is 10.9. The number of anilines is 1. The maximum atomic E-state index is 13.0. The Balaban J connectivity index is 0.000000420. The van der Waals surface area contributed by atoms with Crippen LogP contribution in [0, 0.1) is 11.7 Å². The summed E-state index contributed by atoms with van der Waals surface area (Å²) >= 11 is 1.39. The van der Waals surface area contributed by atoms with Crippen molar-refractivity contribution in [1.82, 2.24) is 10.3 Å². The molecule has 0 bridgehead atoms. The van der Waals surface area contributed by atoms with Gasteiger partial charge in [0.1, 0.15) is 11.7 Å². The molecule has 35 heavy (non-hydrogen) atoms. The molecule has 1 aliphatic heterocycles. The third-order valence-corrected chi connectivity index (χ3v) is 6.50. The lowest BCUT2D eigenvalue weighted by atomic mass is 9.70. The fourth-order valence-corrected chi connectivity index (χ4v) is 4.76. The zero-order chi connectivity index (χ0) is 25.4. The minimum absolute atomic E-state index is 0.178. The van der Waals surface area contributed by atoms with Crippen molar-refractivity contribution < 1.29 is 23.5 Å². The Bertz CT molecular complexity index is 1160. The number of thiazole rings is 1. The van der Waals surface area contributed by atoms with Gasteiger partial charge >= 0.3 is 11.9 Å². The van der Waals surface area contributed by atoms with Gasteiger partial charge in [-0.2, -0.15) is 0 Å². The first-order chi connectivity index (χ1) is 16.8. The van der Waals surface area contributed by atoms with E-state index in [2.05, 4.69) is 15.6 Å². The molecule has 0 saturated carbocycles. The van der Waals surface area contributed by atoms with Crippen LogP contribution in [0.2, 0.25) is 0 Å². The Morgan fingerprint density at radius 1 is 1.06 bits per heavy atom. The van der Waals surface area contributed by atoms with Gasteiger partial charge in [-0.3, -0.25) is 4.79 Å². The van der Waals surface area contributed by atoms with E-state index in [0.29, 0.717) is 16.4 Å². The Labute approximate surface area is 208 Å². The number of nitrogens with one attached hydrogen (secondary N) is 2. The van der Waals surface area contributed by atoms with Crippen molar-refractivity contribution in [2.75, 3.05) is 19.5 Å². The first-order valence-corrected chi connectivity index (χ1v) is 11.8. The summed E-state index contributed by atoms with van der Waals surface area (Å²) in [4.78, 5) is 29.8. The van der Waals surface area contributed by atoms with Crippen LogP contribution in [0.1, 0.15) is 19.4 Å². The molecule has 0 radical (unpaired) electrons. The second-order valence-corrected chi connectivity index (χ2v) is 8.87. The van der Waals surface area contributed by atoms with Crippen molar-refractivity contribution in [3.63, 3.8) is 0 Å². The van der Waals surface area contributed by atoms with E-state index in [1.807, 2.05) is 42.6 Å². The van der Waals surface area contributed by atoms with Crippen LogP contribution in [0.25, 0.3) is 0 Å². The highest BCUT2D eigenvalue weighted by Gasteiger charge is 2.52. The maximum absolute atomic E-state index is 13.0. The van der Waals surface area contributed by atoms with Crippen LogP contribution in [0.4, 0.5) is 9.52 Å². The van der Waals surface area contributed by atoms with Gasteiger partial charge in [0.2, 0.25) is 0 Å². The molecule has 2 heterocycles. The molecule has 0 spiro atoms. The fourth-order valence-electron chi connectivity index (χ4n) is 4.19. The molecule has 0 amide bonds. The molecule has 1 aliphatic rings. The number of esters is 2. The van der Waals surface area contributed by atoms with E-state index in [4.69, 9.17) is 9.47 Å². The zero-order valence-corrected chi connectivity index (χ0v) is 20.8. The van der Waals surface area contributed by atoms with E-state index in [1.54, 1.807) is 31.3 Å². The summed E-state index contributed by atoms with van der Waals surface area (Å²) in [6.07, 6.45) is 1.66. The highest BCUT2D eigenvalue weighted by molar-refractivity contribution is 7.13. The van der Waals surface area contributed by atoms with Crippen molar-refractivity contribution >= 4 is 28.4 Å². The molecule has 0 aliphatic carbocycles. The van der Waals surface area contributed by atoms with Gasteiger partial charge in [-0.1, -0.05) is 48.5 Å². The molecule has 2 N–H and O–H groups in total. The van der Waals surface area contributed by atoms with Crippen LogP contribution < -0.4 is 10.6 Å². The van der Waals surface area contributed by atoms with Gasteiger partial charge in [0.15, 0.2) is 5.13 Å². The zero-order valence-electron chi connectivity index (χ0n) is 19.9. The number of carbonyl (C=O) groups excluding carboxylic acids is 2. The average molecular weight is 498 g/mol. The van der Waals surface area contributed by atoms with Crippen LogP contribution in [-0.2, 0) is 24.6 Å². The summed E-state index contributed by atoms with van der Waals surface area (Å²) < 4.78 is 22.0. The third kappa shape index (κ3) is 5.86. The van der Waals surface area contributed by atoms with Gasteiger partial charge in [-0.25, -0.2) is 14.2 Å². The number of hydrogen-bond acceptors (Lipinski definition) is 8. The van der Waals surface area contributed by atoms with Crippen LogP contribution in [0.3, 0.4) is 0 Å². The molecule has 3 atom stereocenters. The van der Waals surface area contributed by atoms with E-state index in [1.165, 1.54) is 37.7 Å². The van der Waals surface area contributed by atoms with Crippen molar-refractivity contribution in [2.24, 2.45) is 5.92 Å². The predicted octanol–water partition coefficient (Wildman–Crippen LogP) is 4.50. The summed E-state index contributed by atoms with van der Waals surface area (Å²) in [5.41, 5.74) is 1.07. The number of rotatable bonds is 5. The monoisotopic (exact) mass is 497 g/mol. The number of methoxy groups -OCH3 is 2. The quantitative estimate of drug-likeness (QED) is 0.502. The second-order valence-electron chi connectivity index (χ2n) is 7.98. The SMILES string of the molecule is COC(=O)C1=C(C)NC(C)(c2ccccc2)C(C(=O)OC)C1Nc1nccs1.Fc1ccccc1. The largest absolute Gasteiger partial charge is 0.469 e. The molecule has 184 valence electrons. The fraction of sp³-hybridized carbons (Fsp3) is 0.269. The molecule has 7 nitrogen and oxygen atoms in total. The summed E-state index contributed by atoms with van der Waals surface area (Å²) in [5.74, 6) is -1.88. The number of benzene rings is 2. The Morgan fingerprint density at radius 2 is 1.69 bits per heavy atom. The topological polar surface area (TPSA) is 89.5 Å². The smallest absolute Gasteiger partial charge is 0.337 e. The van der Waals surface area contributed by atoms with Crippen molar-refractivity contribution in [3.05, 3.63) is 94.9 Å². The van der Waals surface area contributed by atoms with Gasteiger partial charge in [-0.15, -0.1) is 11.3 Å². The number of carbonyl (C=O) groups is 2. The molecule has 2 aromatic carbocycles. The molecule has 3 unspecified atom stereocenters. The third-order valence-electron chi connectivity index (χ3n) is 5.80. The summed E-state index contributed by atoms with van der Waals surface area (Å²) in [6.45, 7) is 3.73. The number of allylic oxidation sites excluding steroid dienone is 1. The second kappa shape index (κ2) is 11.6. The van der Waals surface area contributed by atoms with Crippen LogP contribution >= 0.6 is 11.3 Å². The van der Waals surface area contributed by atoms with Gasteiger partial charge in [0.25, 0.3) is 0 Å². The van der Waals surface area contributed by atoms with E-state index >= 15 is 0 Å². The van der Waals surface area contributed by atoms with E-state index in [9.17, 15) is 14.0 Å². The number of aromatic nitrogens is 1. The molecule has 9 heteroatoms. The average Bonchev–Trinajstić information content (AvgIpc) is 3.38. The molecule has 0 fully saturated rings. The normalized spacial score (nSPS) is 21.2. The molecular formula is C26H28FN3O4S. The molecule has 0 saturated heterocycles. The van der Waals surface area contributed by atoms with Gasteiger partial charge < -0.3 is 20.1 Å². The Kier molecular flexibility index (Phi) is 8.59. The number of nitrogens with zero attached hydrogens (tertiary/aromatic N) is 1. The lowest BCUT2D eigenvalue weighted by Crippen LogP contribution is -2.60. The Morgan fingerprint density at radius 3 is 2.17 bits per heavy atom. The lowest BCUT2D eigenvalue weighted by Gasteiger charge is -2.46. The highest BCUT2D eigenvalue weighted by atomic mass is 32.1. The standard InChI is InChI=1S/C20H23N3O4S.C6H5F/c1-12-14(17(24)26-3)16(22-19-21-10-11-28-19)15(18(25)27-4)20(2,23-12)13-8-6-5-7-9-13;7-6-4-2-1-3-5-6/h5-11,15-16,23H,1-4H3,(H,21,22);1-5H. The predicted molar refractivity (Wildman–Crippen MR) is 133 cm³/mol. The molecule has 1 aromatic heterocycles. The van der Waals surface area contributed by atoms with Crippen molar-refractivity contribution in [2.45, 2.75) is 25.4 Å². The first kappa shape index (κ1) is 25.9. The number of ether oxygens (including phenoxy) is 2. The number of hydrogen-bond donors (Lipinski definition) is 2. The minimum Gasteiger partial charge on any atom is -0.469 e. The maximum Gasteiger partial charge on any atom is 0.337 e. The minimum atomic E-state index is -0.815. The number of halogens is 1. The summed E-state index contributed by atoms with van der Waals surface area (Å²) in [5, 5.41) is 9.05. The molecular weight excluding hydrogens is 469 g/mol. The van der Waals surface area contributed by atoms with Gasteiger partial charge in [0.05, 0.1) is 31.4 Å². The Hall–Kier alpha value is -3.72. The molecule has 4 rings (SSSR count). The van der Waals surface area contributed by atoms with Gasteiger partial charge in [-0.05, 0) is 31.5 Å². The van der Waals surface area contributed by atoms with Crippen molar-refractivity contribution in [1.29, 1.82) is 0 Å². The highest BCUT2D eigenvalue weighted by Crippen LogP contribution is 2.41. The van der Waals surface area contributed by atoms with Gasteiger partial charge in [0, 0.05) is 17.3 Å². The van der Waals surface area contributed by atoms with Crippen LogP contribution in [0.5, 0.6) is 0 Å². The molecule has 3 aromatic rings. The van der Waals surface area contributed by atoms with E-state index in [0.717, 1.165) is 5.56 Å². The summed E-state index contributed by atoms with van der Waals surface area (Å²) in [6, 6.07) is 16.9. The van der Waals surface area contributed by atoms with Crippen LogP contribution in [0.15, 0.2) is 83.5 Å². The summed E-state index contributed by atoms with van der Waals surface area (Å²) in [7, 11) is 2.67. The van der Waals surface area contributed by atoms with E-state index in [-0.39, 0.29) is 5.82 Å². The van der Waals surface area contributed by atoms with Crippen LogP contribution in [-0.4, -0.2) is 37.2 Å². The van der Waals surface area contributed by atoms with Crippen molar-refractivity contribution in [3.8, 4) is 0 Å². The lowest BCUT2D eigenvalue weighted by molar-refractivity contribution is -0.149. The van der Waals surface area contributed by atoms with E-state index < -0.39 is 29.4 Å².